The predicted molar refractivity (Wildman–Crippen MR) is 105 cm³/mol. The first-order valence-electron chi connectivity index (χ1n) is 9.43. The van der Waals surface area contributed by atoms with Crippen LogP contribution in [0.2, 0.25) is 0 Å². The molecule has 12 nitrogen and oxygen atoms in total. The number of aliphatic hydroxyl groups is 3. The van der Waals surface area contributed by atoms with Gasteiger partial charge in [-0.15, -0.1) is 0 Å². The number of carbonyl (C=O) groups is 2. The minimum Gasteiger partial charge on any atom is -0.497 e. The molecule has 186 valence electrons. The number of aliphatic hydroxyl groups excluding tert-OH is 3. The maximum absolute atomic E-state index is 15.2. The normalized spacial score (nSPS) is 29.7. The summed E-state index contributed by atoms with van der Waals surface area (Å²) in [5.41, 5.74) is 0. The Kier molecular flexibility index (Phi) is 8.32. The Morgan fingerprint density at radius 2 is 1.82 bits per heavy atom. The van der Waals surface area contributed by atoms with Gasteiger partial charge in [-0.2, -0.15) is 4.39 Å². The molecule has 33 heavy (non-hydrogen) atoms. The molecule has 15 heteroatoms. The summed E-state index contributed by atoms with van der Waals surface area (Å²) in [6.45, 7) is -0.163. The number of hydrogen-bond donors (Lipinski definition) is 6. The molecule has 1 fully saturated rings. The molecule has 1 saturated heterocycles. The number of alkyl halides is 2. The van der Waals surface area contributed by atoms with Crippen LogP contribution in [0.5, 0.6) is 5.75 Å². The lowest BCUT2D eigenvalue weighted by Gasteiger charge is -2.47. The number of sulfonamides is 1. The zero-order valence-corrected chi connectivity index (χ0v) is 18.2. The van der Waals surface area contributed by atoms with Crippen LogP contribution < -0.4 is 14.8 Å². The summed E-state index contributed by atoms with van der Waals surface area (Å²) in [5, 5.41) is 40.4. The third kappa shape index (κ3) is 5.56. The Labute approximate surface area is 187 Å². The molecule has 1 aromatic carbocycles. The van der Waals surface area contributed by atoms with E-state index in [9.17, 15) is 33.3 Å². The zero-order valence-electron chi connectivity index (χ0n) is 17.4. The van der Waals surface area contributed by atoms with Gasteiger partial charge in [-0.3, -0.25) is 4.79 Å². The van der Waals surface area contributed by atoms with Gasteiger partial charge in [-0.05, 0) is 24.3 Å². The van der Waals surface area contributed by atoms with Crippen LogP contribution in [0.4, 0.5) is 8.78 Å². The number of halogens is 2. The van der Waals surface area contributed by atoms with Crippen LogP contribution in [0, 0.1) is 0 Å². The number of ether oxygens (including phenoxy) is 2. The molecule has 0 radical (unpaired) electrons. The molecule has 0 aromatic heterocycles. The molecule has 0 bridgehead atoms. The van der Waals surface area contributed by atoms with Crippen molar-refractivity contribution in [3.63, 3.8) is 0 Å². The smallest absolute Gasteiger partial charge is 0.372 e. The molecule has 1 aromatic rings. The van der Waals surface area contributed by atoms with E-state index >= 15 is 8.78 Å². The minimum atomic E-state index is -4.64. The van der Waals surface area contributed by atoms with Crippen molar-refractivity contribution in [1.82, 2.24) is 10.0 Å². The average Bonchev–Trinajstić information content (AvgIpc) is 2.77. The molecule has 1 aliphatic heterocycles. The number of carboxylic acids is 1. The lowest BCUT2D eigenvalue weighted by molar-refractivity contribution is -0.277. The number of carbonyl (C=O) groups excluding carboxylic acids is 1. The van der Waals surface area contributed by atoms with E-state index in [4.69, 9.17) is 9.84 Å². The standard InChI is InChI=1S/C18H24F2N2O10S/c1-8(24)21-12-13(22-33(29,30)10-5-3-9(31-2)4-6-10)16(19)18(20,17(27)28)32-15(12)14(26)11(25)7-23/h3-6,11-16,22-23,25-26H,7H2,1-2H3,(H,21,24)(H,27,28)/t11-,12-,13-,14-,15-,16?,18?/m1/s1. The van der Waals surface area contributed by atoms with E-state index in [0.29, 0.717) is 0 Å². The Morgan fingerprint density at radius 3 is 2.27 bits per heavy atom. The summed E-state index contributed by atoms with van der Waals surface area (Å²) in [6.07, 6.45) is -9.68. The molecule has 1 aliphatic rings. The second-order valence-electron chi connectivity index (χ2n) is 7.22. The largest absolute Gasteiger partial charge is 0.497 e. The van der Waals surface area contributed by atoms with Crippen molar-refractivity contribution in [2.45, 2.75) is 54.2 Å². The summed E-state index contributed by atoms with van der Waals surface area (Å²) >= 11 is 0. The van der Waals surface area contributed by atoms with Gasteiger partial charge in [0.2, 0.25) is 15.9 Å². The van der Waals surface area contributed by atoms with Crippen LogP contribution in [0.1, 0.15) is 6.92 Å². The van der Waals surface area contributed by atoms with Crippen LogP contribution in [0.25, 0.3) is 0 Å². The molecule has 7 atom stereocenters. The monoisotopic (exact) mass is 498 g/mol. The van der Waals surface area contributed by atoms with Gasteiger partial charge in [-0.25, -0.2) is 22.3 Å². The minimum absolute atomic E-state index is 0.286. The summed E-state index contributed by atoms with van der Waals surface area (Å²) in [6, 6.07) is 0.451. The first kappa shape index (κ1) is 26.8. The zero-order chi connectivity index (χ0) is 25.1. The second-order valence-corrected chi connectivity index (χ2v) is 8.94. The third-order valence-electron chi connectivity index (χ3n) is 4.96. The van der Waals surface area contributed by atoms with Crippen LogP contribution in [0.15, 0.2) is 29.2 Å². The van der Waals surface area contributed by atoms with E-state index in [-0.39, 0.29) is 5.75 Å². The molecule has 0 aliphatic carbocycles. The van der Waals surface area contributed by atoms with Crippen molar-refractivity contribution >= 4 is 21.9 Å². The fourth-order valence-electron chi connectivity index (χ4n) is 3.27. The molecule has 0 spiro atoms. The van der Waals surface area contributed by atoms with E-state index in [0.717, 1.165) is 19.1 Å². The molecule has 6 N–H and O–H groups in total. The van der Waals surface area contributed by atoms with Crippen LogP contribution >= 0.6 is 0 Å². The maximum atomic E-state index is 15.2. The lowest BCUT2D eigenvalue weighted by Crippen LogP contribution is -2.74. The second kappa shape index (κ2) is 10.2. The van der Waals surface area contributed by atoms with Gasteiger partial charge in [0.05, 0.1) is 30.7 Å². The average molecular weight is 498 g/mol. The quantitative estimate of drug-likeness (QED) is 0.223. The van der Waals surface area contributed by atoms with Gasteiger partial charge in [-0.1, -0.05) is 0 Å². The van der Waals surface area contributed by atoms with Crippen LogP contribution in [-0.2, 0) is 24.3 Å². The number of methoxy groups -OCH3 is 1. The topological polar surface area (TPSA) is 192 Å². The van der Waals surface area contributed by atoms with Crippen molar-refractivity contribution < 1.29 is 56.7 Å². The van der Waals surface area contributed by atoms with Gasteiger partial charge >= 0.3 is 11.8 Å². The number of rotatable bonds is 9. The molecule has 2 rings (SSSR count). The third-order valence-corrected chi connectivity index (χ3v) is 6.43. The lowest BCUT2D eigenvalue weighted by atomic mass is 9.86. The van der Waals surface area contributed by atoms with Crippen molar-refractivity contribution in [1.29, 1.82) is 0 Å². The SMILES string of the molecule is COc1ccc(S(=O)(=O)N[C@H]2C(F)C(F)(C(=O)O)O[C@@H]([C@H](O)[C@H](O)CO)[C@@H]2NC(C)=O)cc1. The predicted octanol–water partition coefficient (Wildman–Crippen LogP) is -1.95. The Morgan fingerprint density at radius 1 is 1.24 bits per heavy atom. The van der Waals surface area contributed by atoms with Crippen LogP contribution in [0.3, 0.4) is 0 Å². The first-order valence-corrected chi connectivity index (χ1v) is 10.9. The van der Waals surface area contributed by atoms with Gasteiger partial charge < -0.3 is 35.2 Å². The summed E-state index contributed by atoms with van der Waals surface area (Å²) < 4.78 is 67.2. The highest BCUT2D eigenvalue weighted by atomic mass is 32.2. The van der Waals surface area contributed by atoms with E-state index in [1.54, 1.807) is 0 Å². The molecular formula is C18H24F2N2O10S. The summed E-state index contributed by atoms with van der Waals surface area (Å²) in [7, 11) is -3.31. The van der Waals surface area contributed by atoms with E-state index in [1.165, 1.54) is 19.2 Å². The van der Waals surface area contributed by atoms with Gasteiger partial charge in [0.15, 0.2) is 6.17 Å². The first-order chi connectivity index (χ1) is 15.3. The number of hydrogen-bond acceptors (Lipinski definition) is 9. The summed E-state index contributed by atoms with van der Waals surface area (Å²) in [4.78, 5) is 22.7. The summed E-state index contributed by atoms with van der Waals surface area (Å²) in [5.74, 6) is -7.28. The Bertz CT molecular complexity index is 963. The van der Waals surface area contributed by atoms with Crippen molar-refractivity contribution in [2.75, 3.05) is 13.7 Å². The molecule has 1 amide bonds. The number of benzene rings is 1. The number of amides is 1. The van der Waals surface area contributed by atoms with Crippen molar-refractivity contribution in [2.24, 2.45) is 0 Å². The highest BCUT2D eigenvalue weighted by Gasteiger charge is 2.63. The molecule has 1 heterocycles. The molecular weight excluding hydrogens is 474 g/mol. The van der Waals surface area contributed by atoms with Crippen molar-refractivity contribution in [3.8, 4) is 5.75 Å². The molecule has 2 unspecified atom stereocenters. The number of nitrogens with one attached hydrogen (secondary N) is 2. The van der Waals surface area contributed by atoms with E-state index < -0.39 is 75.8 Å². The number of carboxylic acid groups (broad SMARTS) is 1. The van der Waals surface area contributed by atoms with Crippen LogP contribution in [-0.4, -0.2) is 96.9 Å². The van der Waals surface area contributed by atoms with Crippen molar-refractivity contribution in [3.05, 3.63) is 24.3 Å². The fraction of sp³-hybridized carbons (Fsp3) is 0.556. The van der Waals surface area contributed by atoms with E-state index in [2.05, 4.69) is 10.1 Å². The Balaban J connectivity index is 2.56. The van der Waals surface area contributed by atoms with Gasteiger partial charge in [0.1, 0.15) is 24.1 Å². The highest BCUT2D eigenvalue weighted by Crippen LogP contribution is 2.36. The van der Waals surface area contributed by atoms with Gasteiger partial charge in [0.25, 0.3) is 0 Å². The maximum Gasteiger partial charge on any atom is 0.372 e. The Hall–Kier alpha value is -2.43. The molecule has 0 saturated carbocycles. The highest BCUT2D eigenvalue weighted by molar-refractivity contribution is 7.89. The van der Waals surface area contributed by atoms with Gasteiger partial charge in [0, 0.05) is 6.92 Å². The van der Waals surface area contributed by atoms with E-state index in [1.807, 2.05) is 4.72 Å². The fourth-order valence-corrected chi connectivity index (χ4v) is 4.53. The number of aliphatic carboxylic acids is 1.